The fourth-order valence-electron chi connectivity index (χ4n) is 1.25. The first-order valence-corrected chi connectivity index (χ1v) is 7.25. The van der Waals surface area contributed by atoms with Crippen LogP contribution in [0.4, 0.5) is 0 Å². The van der Waals surface area contributed by atoms with Gasteiger partial charge in [-0.15, -0.1) is 0 Å². The molecule has 0 aromatic heterocycles. The van der Waals surface area contributed by atoms with Crippen molar-refractivity contribution in [3.8, 4) is 0 Å². The molecular weight excluding hydrogens is 213 g/mol. The van der Waals surface area contributed by atoms with Gasteiger partial charge in [0.1, 0.15) is 0 Å². The van der Waals surface area contributed by atoms with Crippen LogP contribution in [0.2, 0.25) is 0 Å². The van der Waals surface area contributed by atoms with Crippen LogP contribution in [-0.4, -0.2) is 11.9 Å². The van der Waals surface area contributed by atoms with Crippen LogP contribution in [0.25, 0.3) is 0 Å². The third kappa shape index (κ3) is 3.98. The smallest absolute Gasteiger partial charge is 0.0551 e. The Hall–Kier alpha value is -0.810. The Morgan fingerprint density at radius 3 is 2.19 bits per heavy atom. The summed E-state index contributed by atoms with van der Waals surface area (Å²) >= 11 is 0. The van der Waals surface area contributed by atoms with Crippen molar-refractivity contribution in [1.29, 1.82) is 0 Å². The third-order valence-electron chi connectivity index (χ3n) is 2.82. The molecule has 0 aromatic rings. The summed E-state index contributed by atoms with van der Waals surface area (Å²) in [6, 6.07) is 0. The van der Waals surface area contributed by atoms with Crippen molar-refractivity contribution < 1.29 is 0 Å². The summed E-state index contributed by atoms with van der Waals surface area (Å²) in [6.07, 6.45) is 2.76. The van der Waals surface area contributed by atoms with Crippen LogP contribution in [0.5, 0.6) is 0 Å². The lowest BCUT2D eigenvalue weighted by Gasteiger charge is -2.36. The molecule has 0 saturated carbocycles. The minimum absolute atomic E-state index is 0.0319. The van der Waals surface area contributed by atoms with E-state index in [0.29, 0.717) is 0 Å². The van der Waals surface area contributed by atoms with E-state index in [-0.39, 0.29) is 13.2 Å². The summed E-state index contributed by atoms with van der Waals surface area (Å²) in [5.74, 6) is 0. The Balaban J connectivity index is 4.68. The van der Waals surface area contributed by atoms with E-state index in [4.69, 9.17) is 0 Å². The molecule has 0 saturated heterocycles. The largest absolute Gasteiger partial charge is 0.376 e. The zero-order valence-corrected chi connectivity index (χ0v) is 12.0. The van der Waals surface area contributed by atoms with Crippen molar-refractivity contribution in [3.63, 3.8) is 0 Å². The molecule has 2 heteroatoms. The highest BCUT2D eigenvalue weighted by Gasteiger charge is 2.26. The maximum atomic E-state index is 4.03. The molecule has 1 N–H and O–H groups in total. The van der Waals surface area contributed by atoms with Gasteiger partial charge in [-0.2, -0.15) is 0 Å². The Morgan fingerprint density at radius 1 is 1.31 bits per heavy atom. The zero-order valence-electron chi connectivity index (χ0n) is 11.1. The van der Waals surface area contributed by atoms with Gasteiger partial charge in [-0.25, -0.2) is 0 Å². The fraction of sp³-hybridized carbons (Fsp3) is 0.429. The molecule has 0 aliphatic carbocycles. The van der Waals surface area contributed by atoms with Gasteiger partial charge >= 0.3 is 0 Å². The molecule has 0 radical (unpaired) electrons. The van der Waals surface area contributed by atoms with Crippen molar-refractivity contribution in [2.75, 3.05) is 6.66 Å². The van der Waals surface area contributed by atoms with Gasteiger partial charge in [0.25, 0.3) is 0 Å². The summed E-state index contributed by atoms with van der Waals surface area (Å²) in [6.45, 7) is 24.4. The van der Waals surface area contributed by atoms with Gasteiger partial charge in [0, 0.05) is 5.70 Å². The summed E-state index contributed by atoms with van der Waals surface area (Å²) in [7, 11) is -0.373. The molecule has 0 aromatic carbocycles. The predicted molar refractivity (Wildman–Crippen MR) is 78.0 cm³/mol. The van der Waals surface area contributed by atoms with Gasteiger partial charge in [-0.1, -0.05) is 47.2 Å². The topological polar surface area (TPSA) is 12.0 Å². The second kappa shape index (κ2) is 6.06. The molecule has 1 atom stereocenters. The summed E-state index contributed by atoms with van der Waals surface area (Å²) in [5, 5.41) is 4.52. The van der Waals surface area contributed by atoms with Crippen LogP contribution < -0.4 is 5.32 Å². The maximum Gasteiger partial charge on any atom is 0.0551 e. The highest BCUT2D eigenvalue weighted by Crippen LogP contribution is 2.51. The summed E-state index contributed by atoms with van der Waals surface area (Å²) in [5.41, 5.74) is 1.99. The molecular formula is C14H24NP. The Labute approximate surface area is 102 Å². The number of hydrogen-bond acceptors (Lipinski definition) is 1. The van der Waals surface area contributed by atoms with Gasteiger partial charge in [-0.05, 0) is 37.8 Å². The van der Waals surface area contributed by atoms with Crippen molar-refractivity contribution >= 4 is 7.92 Å². The average Bonchev–Trinajstić information content (AvgIpc) is 2.24. The van der Waals surface area contributed by atoms with E-state index in [1.54, 1.807) is 0 Å². The van der Waals surface area contributed by atoms with E-state index < -0.39 is 0 Å². The molecule has 1 nitrogen and oxygen atoms in total. The van der Waals surface area contributed by atoms with Gasteiger partial charge in [-0.3, -0.25) is 0 Å². The summed E-state index contributed by atoms with van der Waals surface area (Å²) in [4.78, 5) is 0. The molecule has 90 valence electrons. The molecule has 0 aliphatic rings. The third-order valence-corrected chi connectivity index (χ3v) is 5.65. The van der Waals surface area contributed by atoms with E-state index >= 15 is 0 Å². The number of rotatable bonds is 7. The van der Waals surface area contributed by atoms with E-state index in [1.165, 1.54) is 0 Å². The number of allylic oxidation sites excluding steroid dienone is 3. The standard InChI is InChI=1S/C14H24NP/c1-9-11(3)13(5)15-14(6,7)16(8)12(4)10-2/h10,15H,2-5,9H2,1,6-8H3. The monoisotopic (exact) mass is 237 g/mol. The van der Waals surface area contributed by atoms with Crippen molar-refractivity contribution in [2.45, 2.75) is 32.5 Å². The highest BCUT2D eigenvalue weighted by molar-refractivity contribution is 7.63. The lowest BCUT2D eigenvalue weighted by atomic mass is 10.2. The molecule has 0 rings (SSSR count). The molecule has 0 aliphatic heterocycles. The van der Waals surface area contributed by atoms with Gasteiger partial charge < -0.3 is 5.32 Å². The predicted octanol–water partition coefficient (Wildman–Crippen LogP) is 4.60. The molecule has 16 heavy (non-hydrogen) atoms. The first-order valence-electron chi connectivity index (χ1n) is 5.46. The second-order valence-corrected chi connectivity index (χ2v) is 7.18. The van der Waals surface area contributed by atoms with Gasteiger partial charge in [0.15, 0.2) is 0 Å². The minimum Gasteiger partial charge on any atom is -0.376 e. The quantitative estimate of drug-likeness (QED) is 0.504. The van der Waals surface area contributed by atoms with Gasteiger partial charge in [0.2, 0.25) is 0 Å². The molecule has 1 unspecified atom stereocenters. The fourth-order valence-corrected chi connectivity index (χ4v) is 2.55. The van der Waals surface area contributed by atoms with Crippen molar-refractivity contribution in [3.05, 3.63) is 49.0 Å². The minimum atomic E-state index is -0.373. The van der Waals surface area contributed by atoms with E-state index in [2.05, 4.69) is 59.1 Å². The van der Waals surface area contributed by atoms with Crippen LogP contribution in [0, 0.1) is 0 Å². The Morgan fingerprint density at radius 2 is 1.81 bits per heavy atom. The number of hydrogen-bond donors (Lipinski definition) is 1. The van der Waals surface area contributed by atoms with E-state index in [1.807, 2.05) is 6.08 Å². The lowest BCUT2D eigenvalue weighted by Crippen LogP contribution is -2.36. The Bertz CT molecular complexity index is 313. The van der Waals surface area contributed by atoms with Crippen LogP contribution in [-0.2, 0) is 0 Å². The lowest BCUT2D eigenvalue weighted by molar-refractivity contribution is 0.605. The normalized spacial score (nSPS) is 12.8. The number of nitrogens with one attached hydrogen (secondary N) is 1. The van der Waals surface area contributed by atoms with Crippen LogP contribution in [0.15, 0.2) is 49.0 Å². The molecule has 0 spiro atoms. The van der Waals surface area contributed by atoms with E-state index in [9.17, 15) is 0 Å². The van der Waals surface area contributed by atoms with Gasteiger partial charge in [0.05, 0.1) is 5.28 Å². The molecule has 0 heterocycles. The van der Waals surface area contributed by atoms with Crippen LogP contribution in [0.1, 0.15) is 27.2 Å². The zero-order chi connectivity index (χ0) is 12.9. The highest BCUT2D eigenvalue weighted by atomic mass is 31.1. The second-order valence-electron chi connectivity index (χ2n) is 4.37. The van der Waals surface area contributed by atoms with Crippen molar-refractivity contribution in [1.82, 2.24) is 5.32 Å². The molecule has 0 bridgehead atoms. The van der Waals surface area contributed by atoms with Crippen LogP contribution in [0.3, 0.4) is 0 Å². The van der Waals surface area contributed by atoms with Crippen LogP contribution >= 0.6 is 7.92 Å². The Kier molecular flexibility index (Phi) is 5.75. The van der Waals surface area contributed by atoms with E-state index in [0.717, 1.165) is 23.0 Å². The average molecular weight is 237 g/mol. The van der Waals surface area contributed by atoms with Crippen molar-refractivity contribution in [2.24, 2.45) is 0 Å². The summed E-state index contributed by atoms with van der Waals surface area (Å²) < 4.78 is 0. The molecule has 0 amide bonds. The molecule has 0 fully saturated rings. The SMILES string of the molecule is C=CC(=C)P(C)C(C)(C)NC(=C)C(=C)CC. The maximum absolute atomic E-state index is 4.03. The first kappa shape index (κ1) is 15.2. The first-order chi connectivity index (χ1) is 7.26.